The number of nitrogens with one attached hydrogen (secondary N) is 1. The molecule has 0 aliphatic heterocycles. The lowest BCUT2D eigenvalue weighted by Crippen LogP contribution is -2.29. The van der Waals surface area contributed by atoms with Gasteiger partial charge in [0.15, 0.2) is 0 Å². The molecule has 0 bridgehead atoms. The molecule has 0 fully saturated rings. The number of carboxylic acid groups (broad SMARTS) is 1. The zero-order chi connectivity index (χ0) is 10.6. The van der Waals surface area contributed by atoms with Crippen LogP contribution in [-0.2, 0) is 11.2 Å². The first-order valence-electron chi connectivity index (χ1n) is 3.95. The molecule has 0 spiro atoms. The van der Waals surface area contributed by atoms with Gasteiger partial charge in [-0.1, -0.05) is 12.1 Å². The smallest absolute Gasteiger partial charge is 0.307 e. The summed E-state index contributed by atoms with van der Waals surface area (Å²) in [7, 11) is 0. The molecule has 0 aliphatic rings. The number of rotatable bonds is 3. The van der Waals surface area contributed by atoms with Crippen LogP contribution in [0.4, 0.5) is 0 Å². The third kappa shape index (κ3) is 2.56. The van der Waals surface area contributed by atoms with Crippen molar-refractivity contribution in [2.45, 2.75) is 6.42 Å². The van der Waals surface area contributed by atoms with E-state index in [4.69, 9.17) is 10.9 Å². The molecule has 0 aliphatic carbocycles. The average Bonchev–Trinajstić information content (AvgIpc) is 2.17. The molecule has 0 radical (unpaired) electrons. The highest BCUT2D eigenvalue weighted by Gasteiger charge is 2.04. The molecule has 1 amide bonds. The van der Waals surface area contributed by atoms with Crippen molar-refractivity contribution in [2.75, 3.05) is 0 Å². The highest BCUT2D eigenvalue weighted by Crippen LogP contribution is 2.04. The second kappa shape index (κ2) is 4.38. The fraction of sp³-hybridized carbons (Fsp3) is 0.111. The summed E-state index contributed by atoms with van der Waals surface area (Å²) < 4.78 is 0. The van der Waals surface area contributed by atoms with Crippen LogP contribution in [0.1, 0.15) is 15.9 Å². The van der Waals surface area contributed by atoms with Gasteiger partial charge in [-0.2, -0.15) is 0 Å². The Morgan fingerprint density at radius 1 is 1.29 bits per heavy atom. The Balaban J connectivity index is 2.78. The van der Waals surface area contributed by atoms with E-state index >= 15 is 0 Å². The lowest BCUT2D eigenvalue weighted by atomic mass is 10.1. The van der Waals surface area contributed by atoms with Crippen LogP contribution in [0.25, 0.3) is 0 Å². The number of hydrazine groups is 1. The van der Waals surface area contributed by atoms with E-state index in [9.17, 15) is 9.59 Å². The van der Waals surface area contributed by atoms with Crippen LogP contribution < -0.4 is 11.3 Å². The van der Waals surface area contributed by atoms with Crippen LogP contribution in [0, 0.1) is 0 Å². The van der Waals surface area contributed by atoms with Crippen molar-refractivity contribution >= 4 is 11.9 Å². The van der Waals surface area contributed by atoms with Gasteiger partial charge in [-0.05, 0) is 17.7 Å². The number of nitrogen functional groups attached to an aromatic ring is 1. The molecule has 0 atom stereocenters. The number of aliphatic carboxylic acids is 1. The Morgan fingerprint density at radius 2 is 1.86 bits per heavy atom. The number of benzene rings is 1. The Kier molecular flexibility index (Phi) is 3.19. The van der Waals surface area contributed by atoms with Gasteiger partial charge in [0, 0.05) is 5.56 Å². The highest BCUT2D eigenvalue weighted by molar-refractivity contribution is 5.93. The molecule has 1 aromatic rings. The molecule has 1 aromatic carbocycles. The lowest BCUT2D eigenvalue weighted by molar-refractivity contribution is -0.136. The van der Waals surface area contributed by atoms with Gasteiger partial charge in [0.25, 0.3) is 5.91 Å². The topological polar surface area (TPSA) is 92.4 Å². The van der Waals surface area contributed by atoms with E-state index < -0.39 is 11.9 Å². The second-order valence-corrected chi connectivity index (χ2v) is 2.74. The fourth-order valence-electron chi connectivity index (χ4n) is 1.03. The molecule has 1 rings (SSSR count). The van der Waals surface area contributed by atoms with Gasteiger partial charge in [0.2, 0.25) is 0 Å². The fourth-order valence-corrected chi connectivity index (χ4v) is 1.03. The minimum atomic E-state index is -0.902. The number of nitrogens with two attached hydrogens (primary N) is 1. The predicted octanol–water partition coefficient (Wildman–Crippen LogP) is -0.0828. The van der Waals surface area contributed by atoms with E-state index in [1.165, 1.54) is 12.1 Å². The Labute approximate surface area is 80.5 Å². The third-order valence-corrected chi connectivity index (χ3v) is 1.70. The van der Waals surface area contributed by atoms with Gasteiger partial charge >= 0.3 is 5.97 Å². The third-order valence-electron chi connectivity index (χ3n) is 1.70. The van der Waals surface area contributed by atoms with E-state index in [1.807, 2.05) is 5.43 Å². The van der Waals surface area contributed by atoms with Crippen molar-refractivity contribution in [3.05, 3.63) is 35.4 Å². The summed E-state index contributed by atoms with van der Waals surface area (Å²) in [6.07, 6.45) is -0.0511. The summed E-state index contributed by atoms with van der Waals surface area (Å²) in [5, 5.41) is 8.49. The van der Waals surface area contributed by atoms with Crippen molar-refractivity contribution < 1.29 is 14.7 Å². The Morgan fingerprint density at radius 3 is 2.29 bits per heavy atom. The number of hydrogen-bond donors (Lipinski definition) is 3. The standard InChI is InChI=1S/C9H10N2O3/c10-11-9(14)7-3-1-6(2-4-7)5-8(12)13/h1-4H,5,10H2,(H,11,14)(H,12,13). The summed E-state index contributed by atoms with van der Waals surface area (Å²) in [5.41, 5.74) is 3.04. The molecule has 0 saturated carbocycles. The summed E-state index contributed by atoms with van der Waals surface area (Å²) in [5.74, 6) is 3.63. The van der Waals surface area contributed by atoms with E-state index in [0.717, 1.165) is 0 Å². The number of hydrogen-bond acceptors (Lipinski definition) is 3. The molecule has 4 N–H and O–H groups in total. The van der Waals surface area contributed by atoms with Gasteiger partial charge in [0.1, 0.15) is 0 Å². The maximum atomic E-state index is 11.0. The first-order chi connectivity index (χ1) is 6.63. The van der Waals surface area contributed by atoms with Crippen LogP contribution in [0.5, 0.6) is 0 Å². The number of carbonyl (C=O) groups excluding carboxylic acids is 1. The van der Waals surface area contributed by atoms with Crippen molar-refractivity contribution in [2.24, 2.45) is 5.84 Å². The predicted molar refractivity (Wildman–Crippen MR) is 49.4 cm³/mol. The number of carbonyl (C=O) groups is 2. The number of carboxylic acids is 1. The summed E-state index contributed by atoms with van der Waals surface area (Å²) in [4.78, 5) is 21.3. The molecule has 74 valence electrons. The van der Waals surface area contributed by atoms with Gasteiger partial charge < -0.3 is 5.11 Å². The maximum Gasteiger partial charge on any atom is 0.307 e. The van der Waals surface area contributed by atoms with Crippen LogP contribution in [0.2, 0.25) is 0 Å². The lowest BCUT2D eigenvalue weighted by Gasteiger charge is -2.00. The SMILES string of the molecule is NNC(=O)c1ccc(CC(=O)O)cc1. The molecule has 0 unspecified atom stereocenters. The van der Waals surface area contributed by atoms with Crippen molar-refractivity contribution in [1.82, 2.24) is 5.43 Å². The number of amides is 1. The largest absolute Gasteiger partial charge is 0.481 e. The molecular formula is C9H10N2O3. The monoisotopic (exact) mass is 194 g/mol. The van der Waals surface area contributed by atoms with Crippen LogP contribution in [0.15, 0.2) is 24.3 Å². The Bertz CT molecular complexity index is 346. The van der Waals surface area contributed by atoms with Crippen molar-refractivity contribution in [1.29, 1.82) is 0 Å². The summed E-state index contributed by atoms with van der Waals surface area (Å²) in [6.45, 7) is 0. The zero-order valence-electron chi connectivity index (χ0n) is 7.36. The van der Waals surface area contributed by atoms with E-state index in [2.05, 4.69) is 0 Å². The zero-order valence-corrected chi connectivity index (χ0v) is 7.36. The molecule has 5 nitrogen and oxygen atoms in total. The van der Waals surface area contributed by atoms with Crippen molar-refractivity contribution in [3.63, 3.8) is 0 Å². The summed E-state index contributed by atoms with van der Waals surface area (Å²) in [6, 6.07) is 6.22. The van der Waals surface area contributed by atoms with Crippen molar-refractivity contribution in [3.8, 4) is 0 Å². The molecular weight excluding hydrogens is 184 g/mol. The van der Waals surface area contributed by atoms with Gasteiger partial charge in [-0.25, -0.2) is 5.84 Å². The van der Waals surface area contributed by atoms with E-state index in [0.29, 0.717) is 11.1 Å². The molecule has 0 saturated heterocycles. The van der Waals surface area contributed by atoms with Crippen LogP contribution in [0.3, 0.4) is 0 Å². The van der Waals surface area contributed by atoms with Crippen LogP contribution >= 0.6 is 0 Å². The first-order valence-corrected chi connectivity index (χ1v) is 3.95. The van der Waals surface area contributed by atoms with Gasteiger partial charge in [-0.15, -0.1) is 0 Å². The molecule has 0 heterocycles. The molecule has 5 heteroatoms. The first kappa shape index (κ1) is 10.2. The second-order valence-electron chi connectivity index (χ2n) is 2.74. The highest BCUT2D eigenvalue weighted by atomic mass is 16.4. The molecule has 14 heavy (non-hydrogen) atoms. The molecule has 0 aromatic heterocycles. The van der Waals surface area contributed by atoms with Gasteiger partial charge in [-0.3, -0.25) is 15.0 Å². The minimum Gasteiger partial charge on any atom is -0.481 e. The van der Waals surface area contributed by atoms with E-state index in [-0.39, 0.29) is 6.42 Å². The van der Waals surface area contributed by atoms with E-state index in [1.54, 1.807) is 12.1 Å². The minimum absolute atomic E-state index is 0.0511. The summed E-state index contributed by atoms with van der Waals surface area (Å²) >= 11 is 0. The quantitative estimate of drug-likeness (QED) is 0.356. The Hall–Kier alpha value is -1.88. The van der Waals surface area contributed by atoms with Crippen LogP contribution in [-0.4, -0.2) is 17.0 Å². The maximum absolute atomic E-state index is 11.0. The normalized spacial score (nSPS) is 9.50. The van der Waals surface area contributed by atoms with Gasteiger partial charge in [0.05, 0.1) is 6.42 Å². The average molecular weight is 194 g/mol.